The summed E-state index contributed by atoms with van der Waals surface area (Å²) in [7, 11) is 0. The number of nitrogens with zero attached hydrogens (tertiary/aromatic N) is 1. The van der Waals surface area contributed by atoms with E-state index in [1.165, 1.54) is 12.1 Å². The molecule has 0 radical (unpaired) electrons. The number of nitrogens with one attached hydrogen (secondary N) is 2. The van der Waals surface area contributed by atoms with Crippen LogP contribution in [0.2, 0.25) is 0 Å². The predicted octanol–water partition coefficient (Wildman–Crippen LogP) is 3.68. The van der Waals surface area contributed by atoms with Crippen LogP contribution in [0.25, 0.3) is 0 Å². The molecular weight excluding hydrogens is 480 g/mol. The van der Waals surface area contributed by atoms with Crippen LogP contribution in [0.4, 0.5) is 5.69 Å². The maximum absolute atomic E-state index is 12.8. The molecule has 11 heteroatoms. The van der Waals surface area contributed by atoms with Gasteiger partial charge in [0.25, 0.3) is 0 Å². The summed E-state index contributed by atoms with van der Waals surface area (Å²) in [6.45, 7) is 0. The minimum absolute atomic E-state index is 0.219. The average molecular weight is 509 g/mol. The Labute approximate surface area is 212 Å². The number of carboxylic acid groups (broad SMARTS) is 2. The van der Waals surface area contributed by atoms with Crippen LogP contribution in [0.5, 0.6) is 5.75 Å². The molecular formula is C26H28N4O7. The third-order valence-corrected chi connectivity index (χ3v) is 6.60. The number of benzene rings is 2. The first-order chi connectivity index (χ1) is 17.7. The van der Waals surface area contributed by atoms with Crippen molar-refractivity contribution < 1.29 is 34.2 Å². The predicted molar refractivity (Wildman–Crippen MR) is 134 cm³/mol. The second-order valence-electron chi connectivity index (χ2n) is 9.27. The summed E-state index contributed by atoms with van der Waals surface area (Å²) in [5.74, 6) is -3.09. The van der Waals surface area contributed by atoms with Gasteiger partial charge in [-0.2, -0.15) is 0 Å². The standard InChI is InChI=1S/C26H28N4O7/c27-25(28)29-17-8-6-16(7-9-17)23(33)36-18-10-11-19(15-4-2-1-3-5-15)20(12-18)21-13-26(24(34)35,37-30-21)14-22(31)32/h6-12,15H,1-5,13-14H2,(H,31,32)(H,34,35)(H4,27,28,29). The lowest BCUT2D eigenvalue weighted by molar-refractivity contribution is -0.169. The molecule has 2 aromatic carbocycles. The first-order valence-electron chi connectivity index (χ1n) is 11.9. The van der Waals surface area contributed by atoms with Crippen LogP contribution in [0.3, 0.4) is 0 Å². The van der Waals surface area contributed by atoms with Gasteiger partial charge in [-0.25, -0.2) is 9.59 Å². The highest BCUT2D eigenvalue weighted by molar-refractivity contribution is 6.07. The molecule has 11 nitrogen and oxygen atoms in total. The van der Waals surface area contributed by atoms with Gasteiger partial charge in [-0.3, -0.25) is 10.2 Å². The van der Waals surface area contributed by atoms with E-state index < -0.39 is 29.9 Å². The van der Waals surface area contributed by atoms with Gasteiger partial charge in [0.2, 0.25) is 5.60 Å². The number of aliphatic carboxylic acids is 2. The van der Waals surface area contributed by atoms with Gasteiger partial charge in [-0.05, 0) is 60.7 Å². The van der Waals surface area contributed by atoms with E-state index in [0.29, 0.717) is 17.0 Å². The molecule has 0 bridgehead atoms. The van der Waals surface area contributed by atoms with E-state index in [2.05, 4.69) is 10.5 Å². The third-order valence-electron chi connectivity index (χ3n) is 6.60. The number of carboxylic acids is 2. The van der Waals surface area contributed by atoms with Gasteiger partial charge in [0.05, 0.1) is 17.7 Å². The monoisotopic (exact) mass is 508 g/mol. The van der Waals surface area contributed by atoms with Gasteiger partial charge in [-0.1, -0.05) is 30.5 Å². The largest absolute Gasteiger partial charge is 0.481 e. The van der Waals surface area contributed by atoms with Crippen molar-refractivity contribution >= 4 is 35.3 Å². The summed E-state index contributed by atoms with van der Waals surface area (Å²) in [5.41, 5.74) is 5.98. The smallest absolute Gasteiger partial charge is 0.351 e. The Hall–Kier alpha value is -4.41. The number of hydrogen-bond donors (Lipinski definition) is 5. The van der Waals surface area contributed by atoms with Crippen molar-refractivity contribution in [1.29, 1.82) is 5.41 Å². The summed E-state index contributed by atoms with van der Waals surface area (Å²) >= 11 is 0. The molecule has 2 aliphatic rings. The molecule has 1 atom stereocenters. The number of carbonyl (C=O) groups is 3. The fourth-order valence-corrected chi connectivity index (χ4v) is 4.78. The topological polar surface area (TPSA) is 184 Å². The molecule has 194 valence electrons. The van der Waals surface area contributed by atoms with Crippen LogP contribution in [-0.2, 0) is 14.4 Å². The lowest BCUT2D eigenvalue weighted by atomic mass is 9.80. The van der Waals surface area contributed by atoms with E-state index in [1.54, 1.807) is 24.3 Å². The lowest BCUT2D eigenvalue weighted by Gasteiger charge is -2.25. The third kappa shape index (κ3) is 5.88. The van der Waals surface area contributed by atoms with Crippen LogP contribution in [0, 0.1) is 5.41 Å². The van der Waals surface area contributed by atoms with E-state index in [-0.39, 0.29) is 29.6 Å². The molecule has 0 amide bonds. The fourth-order valence-electron chi connectivity index (χ4n) is 4.78. The first-order valence-corrected chi connectivity index (χ1v) is 11.9. The highest BCUT2D eigenvalue weighted by atomic mass is 16.7. The molecule has 4 rings (SSSR count). The minimum Gasteiger partial charge on any atom is -0.481 e. The maximum atomic E-state index is 12.8. The molecule has 1 fully saturated rings. The van der Waals surface area contributed by atoms with Crippen molar-refractivity contribution in [2.45, 2.75) is 56.5 Å². The molecule has 1 saturated carbocycles. The Kier molecular flexibility index (Phi) is 7.42. The Morgan fingerprint density at radius 3 is 2.43 bits per heavy atom. The second kappa shape index (κ2) is 10.7. The Morgan fingerprint density at radius 2 is 1.81 bits per heavy atom. The molecule has 6 N–H and O–H groups in total. The number of anilines is 1. The Balaban J connectivity index is 1.61. The summed E-state index contributed by atoms with van der Waals surface area (Å²) < 4.78 is 5.60. The number of oxime groups is 1. The zero-order valence-electron chi connectivity index (χ0n) is 20.0. The van der Waals surface area contributed by atoms with E-state index >= 15 is 0 Å². The van der Waals surface area contributed by atoms with Gasteiger partial charge < -0.3 is 30.8 Å². The molecule has 1 heterocycles. The number of ether oxygens (including phenoxy) is 1. The lowest BCUT2D eigenvalue weighted by Crippen LogP contribution is -2.41. The molecule has 0 aromatic heterocycles. The normalized spacial score (nSPS) is 19.4. The van der Waals surface area contributed by atoms with Crippen molar-refractivity contribution in [3.8, 4) is 5.75 Å². The van der Waals surface area contributed by atoms with Crippen LogP contribution >= 0.6 is 0 Å². The van der Waals surface area contributed by atoms with Crippen molar-refractivity contribution in [2.24, 2.45) is 10.9 Å². The highest BCUT2D eigenvalue weighted by Crippen LogP contribution is 2.39. The molecule has 0 saturated heterocycles. The second-order valence-corrected chi connectivity index (χ2v) is 9.27. The van der Waals surface area contributed by atoms with Crippen LogP contribution < -0.4 is 15.8 Å². The van der Waals surface area contributed by atoms with E-state index in [1.807, 2.05) is 6.07 Å². The zero-order chi connectivity index (χ0) is 26.6. The average Bonchev–Trinajstić information content (AvgIpc) is 3.29. The number of carbonyl (C=O) groups excluding carboxylic acids is 1. The molecule has 37 heavy (non-hydrogen) atoms. The number of guanidine groups is 1. The fraction of sp³-hybridized carbons (Fsp3) is 0.346. The van der Waals surface area contributed by atoms with Crippen molar-refractivity contribution in [2.75, 3.05) is 5.32 Å². The van der Waals surface area contributed by atoms with Crippen LogP contribution in [0.1, 0.15) is 72.3 Å². The summed E-state index contributed by atoms with van der Waals surface area (Å²) in [6, 6.07) is 11.4. The molecule has 1 aliphatic heterocycles. The first kappa shape index (κ1) is 25.7. The summed E-state index contributed by atoms with van der Waals surface area (Å²) in [4.78, 5) is 41.2. The van der Waals surface area contributed by atoms with Gasteiger partial charge in [0.1, 0.15) is 5.75 Å². The van der Waals surface area contributed by atoms with Crippen molar-refractivity contribution in [3.05, 3.63) is 59.2 Å². The summed E-state index contributed by atoms with van der Waals surface area (Å²) in [5, 5.41) is 32.9. The quantitative estimate of drug-likeness (QED) is 0.153. The number of nitrogens with two attached hydrogens (primary N) is 1. The summed E-state index contributed by atoms with van der Waals surface area (Å²) in [6.07, 6.45) is 4.23. The zero-order valence-corrected chi connectivity index (χ0v) is 20.0. The van der Waals surface area contributed by atoms with E-state index in [9.17, 15) is 24.6 Å². The number of esters is 1. The molecule has 2 aromatic rings. The number of rotatable bonds is 8. The van der Waals surface area contributed by atoms with E-state index in [0.717, 1.165) is 37.7 Å². The Morgan fingerprint density at radius 1 is 1.11 bits per heavy atom. The van der Waals surface area contributed by atoms with Gasteiger partial charge in [-0.15, -0.1) is 0 Å². The maximum Gasteiger partial charge on any atom is 0.351 e. The highest BCUT2D eigenvalue weighted by Gasteiger charge is 2.49. The SMILES string of the molecule is N=C(N)Nc1ccc(C(=O)Oc2ccc(C3CCCCC3)c(C3=NOC(CC(=O)O)(C(=O)O)C3)c2)cc1. The molecule has 1 unspecified atom stereocenters. The van der Waals surface area contributed by atoms with Crippen molar-refractivity contribution in [1.82, 2.24) is 0 Å². The minimum atomic E-state index is -1.99. The van der Waals surface area contributed by atoms with Gasteiger partial charge in [0.15, 0.2) is 5.96 Å². The van der Waals surface area contributed by atoms with Gasteiger partial charge in [0, 0.05) is 17.7 Å². The van der Waals surface area contributed by atoms with E-state index in [4.69, 9.17) is 20.7 Å². The Bertz CT molecular complexity index is 1250. The molecule has 0 spiro atoms. The van der Waals surface area contributed by atoms with Gasteiger partial charge >= 0.3 is 17.9 Å². The number of hydrogen-bond acceptors (Lipinski definition) is 7. The van der Waals surface area contributed by atoms with Crippen LogP contribution in [-0.4, -0.2) is 45.4 Å². The van der Waals surface area contributed by atoms with Crippen molar-refractivity contribution in [3.63, 3.8) is 0 Å². The van der Waals surface area contributed by atoms with Crippen LogP contribution in [0.15, 0.2) is 47.6 Å². The molecule has 1 aliphatic carbocycles.